The number of sulfonamides is 1. The van der Waals surface area contributed by atoms with Crippen molar-refractivity contribution in [2.75, 3.05) is 11.3 Å². The molecule has 2 aromatic rings. The molecule has 0 amide bonds. The van der Waals surface area contributed by atoms with Crippen molar-refractivity contribution < 1.29 is 17.2 Å². The van der Waals surface area contributed by atoms with Crippen LogP contribution in [0.2, 0.25) is 5.02 Å². The lowest BCUT2D eigenvalue weighted by Crippen LogP contribution is -2.14. The van der Waals surface area contributed by atoms with E-state index in [-0.39, 0.29) is 16.5 Å². The zero-order valence-electron chi connectivity index (χ0n) is 10.6. The first-order valence-electron chi connectivity index (χ1n) is 5.73. The highest BCUT2D eigenvalue weighted by Gasteiger charge is 2.21. The number of anilines is 1. The Labute approximate surface area is 124 Å². The van der Waals surface area contributed by atoms with Crippen molar-refractivity contribution in [3.8, 4) is 0 Å². The maximum atomic E-state index is 13.6. The Kier molecular flexibility index (Phi) is 4.45. The minimum Gasteiger partial charge on any atom is -0.329 e. The first-order valence-corrected chi connectivity index (χ1v) is 7.59. The van der Waals surface area contributed by atoms with Gasteiger partial charge in [-0.1, -0.05) is 11.6 Å². The van der Waals surface area contributed by atoms with Gasteiger partial charge in [-0.25, -0.2) is 17.2 Å². The van der Waals surface area contributed by atoms with Crippen molar-refractivity contribution in [2.24, 2.45) is 5.73 Å². The number of halogens is 3. The van der Waals surface area contributed by atoms with Crippen LogP contribution in [0.3, 0.4) is 0 Å². The van der Waals surface area contributed by atoms with Crippen molar-refractivity contribution in [3.63, 3.8) is 0 Å². The first-order chi connectivity index (χ1) is 9.83. The summed E-state index contributed by atoms with van der Waals surface area (Å²) in [6.07, 6.45) is 2.33. The van der Waals surface area contributed by atoms with Crippen LogP contribution < -0.4 is 10.5 Å². The fraction of sp³-hybridized carbons (Fsp3) is 0.182. The highest BCUT2D eigenvalue weighted by Crippen LogP contribution is 2.28. The van der Waals surface area contributed by atoms with Gasteiger partial charge in [-0.15, -0.1) is 0 Å². The summed E-state index contributed by atoms with van der Waals surface area (Å²) in [4.78, 5) is -0.184. The molecule has 1 heterocycles. The summed E-state index contributed by atoms with van der Waals surface area (Å²) in [5.41, 5.74) is 4.80. The van der Waals surface area contributed by atoms with E-state index in [4.69, 9.17) is 17.3 Å². The molecule has 0 radical (unpaired) electrons. The average molecular weight is 337 g/mol. The Balaban J connectivity index is 2.33. The molecule has 6 nitrogen and oxygen atoms in total. The number of aromatic nitrogens is 2. The molecule has 0 aliphatic heterocycles. The molecule has 0 atom stereocenters. The van der Waals surface area contributed by atoms with Gasteiger partial charge in [0.15, 0.2) is 5.82 Å². The molecule has 0 saturated carbocycles. The van der Waals surface area contributed by atoms with Gasteiger partial charge in [0, 0.05) is 18.8 Å². The Morgan fingerprint density at radius 3 is 2.71 bits per heavy atom. The molecule has 10 heteroatoms. The topological polar surface area (TPSA) is 90.0 Å². The number of benzene rings is 1. The second-order valence-electron chi connectivity index (χ2n) is 4.08. The Hall–Kier alpha value is -1.71. The van der Waals surface area contributed by atoms with Crippen LogP contribution in [0.4, 0.5) is 14.5 Å². The maximum absolute atomic E-state index is 13.6. The largest absolute Gasteiger partial charge is 0.329 e. The van der Waals surface area contributed by atoms with Gasteiger partial charge in [-0.2, -0.15) is 5.10 Å². The summed E-state index contributed by atoms with van der Waals surface area (Å²) in [6, 6.07) is 1.34. The van der Waals surface area contributed by atoms with Crippen LogP contribution in [0, 0.1) is 11.6 Å². The van der Waals surface area contributed by atoms with Gasteiger partial charge in [0.05, 0.1) is 17.8 Å². The van der Waals surface area contributed by atoms with E-state index in [0.717, 1.165) is 12.3 Å². The van der Waals surface area contributed by atoms with E-state index in [2.05, 4.69) is 5.10 Å². The summed E-state index contributed by atoms with van der Waals surface area (Å²) < 4.78 is 54.0. The SMILES string of the molecule is NCCn1cc(S(=O)(=O)Nc2c(F)cc(F)cc2Cl)cn1. The van der Waals surface area contributed by atoms with E-state index in [1.54, 1.807) is 0 Å². The second-order valence-corrected chi connectivity index (χ2v) is 6.17. The molecule has 0 spiro atoms. The molecular formula is C11H11ClF2N4O2S. The number of hydrogen-bond donors (Lipinski definition) is 2. The minimum absolute atomic E-state index is 0.184. The smallest absolute Gasteiger partial charge is 0.265 e. The zero-order chi connectivity index (χ0) is 15.6. The molecule has 1 aromatic heterocycles. The van der Waals surface area contributed by atoms with Crippen LogP contribution in [-0.2, 0) is 16.6 Å². The molecule has 21 heavy (non-hydrogen) atoms. The molecule has 0 unspecified atom stereocenters. The lowest BCUT2D eigenvalue weighted by Gasteiger charge is -2.09. The number of nitrogens with one attached hydrogen (secondary N) is 1. The first kappa shape index (κ1) is 15.7. The van der Waals surface area contributed by atoms with E-state index in [1.165, 1.54) is 10.9 Å². The van der Waals surface area contributed by atoms with Crippen LogP contribution in [0.1, 0.15) is 0 Å². The quantitative estimate of drug-likeness (QED) is 0.867. The average Bonchev–Trinajstić information content (AvgIpc) is 2.84. The summed E-state index contributed by atoms with van der Waals surface area (Å²) in [5, 5.41) is 3.42. The molecule has 0 saturated heterocycles. The molecule has 1 aromatic carbocycles. The van der Waals surface area contributed by atoms with Crippen LogP contribution >= 0.6 is 11.6 Å². The summed E-state index contributed by atoms with van der Waals surface area (Å²) in [6.45, 7) is 0.619. The van der Waals surface area contributed by atoms with Crippen molar-refractivity contribution in [3.05, 3.63) is 41.2 Å². The fourth-order valence-electron chi connectivity index (χ4n) is 1.57. The molecule has 0 fully saturated rings. The predicted molar refractivity (Wildman–Crippen MR) is 73.5 cm³/mol. The molecule has 0 aliphatic carbocycles. The van der Waals surface area contributed by atoms with Gasteiger partial charge in [-0.05, 0) is 6.07 Å². The zero-order valence-corrected chi connectivity index (χ0v) is 12.1. The van der Waals surface area contributed by atoms with E-state index < -0.39 is 27.3 Å². The monoisotopic (exact) mass is 336 g/mol. The van der Waals surface area contributed by atoms with Crippen LogP contribution in [0.5, 0.6) is 0 Å². The third-order valence-electron chi connectivity index (χ3n) is 2.52. The minimum atomic E-state index is -4.09. The summed E-state index contributed by atoms with van der Waals surface area (Å²) in [5.74, 6) is -2.02. The van der Waals surface area contributed by atoms with Gasteiger partial charge < -0.3 is 5.73 Å². The number of nitrogens with zero attached hydrogens (tertiary/aromatic N) is 2. The third-order valence-corrected chi connectivity index (χ3v) is 4.12. The predicted octanol–water partition coefficient (Wildman–Crippen LogP) is 1.57. The molecule has 3 N–H and O–H groups in total. The van der Waals surface area contributed by atoms with Crippen LogP contribution in [0.15, 0.2) is 29.4 Å². The Morgan fingerprint density at radius 1 is 1.38 bits per heavy atom. The number of rotatable bonds is 5. The third kappa shape index (κ3) is 3.49. The lowest BCUT2D eigenvalue weighted by atomic mass is 10.3. The van der Waals surface area contributed by atoms with Gasteiger partial charge in [0.25, 0.3) is 10.0 Å². The van der Waals surface area contributed by atoms with Crippen molar-refractivity contribution >= 4 is 27.3 Å². The van der Waals surface area contributed by atoms with Gasteiger partial charge in [0.1, 0.15) is 16.4 Å². The van der Waals surface area contributed by atoms with E-state index in [9.17, 15) is 17.2 Å². The molecule has 0 bridgehead atoms. The van der Waals surface area contributed by atoms with Crippen molar-refractivity contribution in [1.82, 2.24) is 9.78 Å². The Morgan fingerprint density at radius 2 is 2.10 bits per heavy atom. The van der Waals surface area contributed by atoms with E-state index in [1.807, 2.05) is 4.72 Å². The van der Waals surface area contributed by atoms with E-state index >= 15 is 0 Å². The molecule has 0 aliphatic rings. The van der Waals surface area contributed by atoms with Crippen molar-refractivity contribution in [2.45, 2.75) is 11.4 Å². The number of nitrogens with two attached hydrogens (primary N) is 1. The molecular weight excluding hydrogens is 326 g/mol. The van der Waals surface area contributed by atoms with Gasteiger partial charge >= 0.3 is 0 Å². The number of hydrogen-bond acceptors (Lipinski definition) is 4. The standard InChI is InChI=1S/C11H11ClF2N4O2S/c12-9-3-7(13)4-10(14)11(9)17-21(19,20)8-5-16-18(6-8)2-1-15/h3-6,17H,1-2,15H2. The summed E-state index contributed by atoms with van der Waals surface area (Å²) >= 11 is 5.64. The van der Waals surface area contributed by atoms with E-state index in [0.29, 0.717) is 12.6 Å². The Bertz CT molecular complexity index is 740. The fourth-order valence-corrected chi connectivity index (χ4v) is 2.91. The van der Waals surface area contributed by atoms with Gasteiger partial charge in [-0.3, -0.25) is 9.40 Å². The normalized spacial score (nSPS) is 11.6. The van der Waals surface area contributed by atoms with Gasteiger partial charge in [0.2, 0.25) is 0 Å². The molecule has 114 valence electrons. The van der Waals surface area contributed by atoms with Crippen LogP contribution in [-0.4, -0.2) is 24.7 Å². The summed E-state index contributed by atoms with van der Waals surface area (Å²) in [7, 11) is -4.09. The van der Waals surface area contributed by atoms with Crippen LogP contribution in [0.25, 0.3) is 0 Å². The lowest BCUT2D eigenvalue weighted by molar-refractivity contribution is 0.582. The highest BCUT2D eigenvalue weighted by atomic mass is 35.5. The second kappa shape index (κ2) is 5.96. The maximum Gasteiger partial charge on any atom is 0.265 e. The molecule has 2 rings (SSSR count). The highest BCUT2D eigenvalue weighted by molar-refractivity contribution is 7.92. The van der Waals surface area contributed by atoms with Crippen molar-refractivity contribution in [1.29, 1.82) is 0 Å².